The number of halogens is 1. The first-order valence-electron chi connectivity index (χ1n) is 7.93. The molecule has 4 N–H and O–H groups in total. The van der Waals surface area contributed by atoms with Crippen LogP contribution < -0.4 is 15.8 Å². The molecule has 9 heteroatoms. The second-order valence-corrected chi connectivity index (χ2v) is 7.18. The Hall–Kier alpha value is -2.49. The molecule has 0 aliphatic carbocycles. The van der Waals surface area contributed by atoms with E-state index in [1.807, 2.05) is 36.4 Å². The second-order valence-electron chi connectivity index (χ2n) is 5.72. The van der Waals surface area contributed by atoms with Crippen molar-refractivity contribution < 1.29 is 26.9 Å². The summed E-state index contributed by atoms with van der Waals surface area (Å²) in [4.78, 5) is 11.0. The third kappa shape index (κ3) is 9.69. The SMILES string of the molecule is CC(NCc1ccc(-c2cccc(OCF)c2)cc1)C(N)=O.CS(=O)(=O)O. The van der Waals surface area contributed by atoms with Crippen LogP contribution in [0.25, 0.3) is 11.1 Å². The van der Waals surface area contributed by atoms with Crippen LogP contribution in [0.4, 0.5) is 4.39 Å². The van der Waals surface area contributed by atoms with Gasteiger partial charge in [0.15, 0.2) is 0 Å². The standard InChI is InChI=1S/C17H19FN2O2.CH4O3S/c1-12(17(19)21)20-10-13-5-7-14(8-6-13)15-3-2-4-16(9-15)22-11-18;1-5(2,3)4/h2-9,12,20H,10-11H2,1H3,(H2,19,21);1H3,(H,2,3,4). The molecule has 0 bridgehead atoms. The van der Waals surface area contributed by atoms with Crippen LogP contribution in [0.1, 0.15) is 12.5 Å². The molecule has 0 aromatic heterocycles. The van der Waals surface area contributed by atoms with Gasteiger partial charge in [0.05, 0.1) is 12.3 Å². The van der Waals surface area contributed by atoms with Crippen LogP contribution in [0.3, 0.4) is 0 Å². The topological polar surface area (TPSA) is 119 Å². The summed E-state index contributed by atoms with van der Waals surface area (Å²) in [5.74, 6) is 0.127. The number of primary amides is 1. The highest BCUT2D eigenvalue weighted by Gasteiger charge is 2.07. The first-order chi connectivity index (χ1) is 12.6. The van der Waals surface area contributed by atoms with Gasteiger partial charge in [-0.3, -0.25) is 9.35 Å². The van der Waals surface area contributed by atoms with Crippen LogP contribution >= 0.6 is 0 Å². The van der Waals surface area contributed by atoms with Crippen molar-refractivity contribution in [2.75, 3.05) is 13.1 Å². The normalized spacial score (nSPS) is 11.9. The Bertz CT molecular complexity index is 833. The second kappa shape index (κ2) is 10.6. The summed E-state index contributed by atoms with van der Waals surface area (Å²) in [6, 6.07) is 14.8. The number of carbonyl (C=O) groups is 1. The van der Waals surface area contributed by atoms with Crippen LogP contribution in [0, 0.1) is 0 Å². The summed E-state index contributed by atoms with van der Waals surface area (Å²) in [6.45, 7) is 1.45. The molecule has 0 saturated carbocycles. The number of benzene rings is 2. The van der Waals surface area contributed by atoms with E-state index in [1.165, 1.54) is 0 Å². The predicted molar refractivity (Wildman–Crippen MR) is 101 cm³/mol. The van der Waals surface area contributed by atoms with E-state index in [-0.39, 0.29) is 11.9 Å². The lowest BCUT2D eigenvalue weighted by atomic mass is 10.0. The molecule has 1 atom stereocenters. The van der Waals surface area contributed by atoms with Gasteiger partial charge in [-0.15, -0.1) is 0 Å². The Balaban J connectivity index is 0.000000646. The van der Waals surface area contributed by atoms with Gasteiger partial charge >= 0.3 is 0 Å². The number of ether oxygens (including phenoxy) is 1. The lowest BCUT2D eigenvalue weighted by molar-refractivity contribution is -0.119. The molecule has 0 fully saturated rings. The molecule has 0 radical (unpaired) electrons. The minimum atomic E-state index is -3.67. The van der Waals surface area contributed by atoms with Crippen LogP contribution in [0.2, 0.25) is 0 Å². The van der Waals surface area contributed by atoms with Crippen LogP contribution in [0.5, 0.6) is 5.75 Å². The average Bonchev–Trinajstić information content (AvgIpc) is 2.59. The molecule has 0 saturated heterocycles. The molecule has 27 heavy (non-hydrogen) atoms. The smallest absolute Gasteiger partial charge is 0.261 e. The molecule has 2 aromatic rings. The van der Waals surface area contributed by atoms with E-state index in [0.29, 0.717) is 18.6 Å². The molecule has 1 unspecified atom stereocenters. The van der Waals surface area contributed by atoms with Crippen molar-refractivity contribution in [1.29, 1.82) is 0 Å². The van der Waals surface area contributed by atoms with E-state index in [0.717, 1.165) is 16.7 Å². The fraction of sp³-hybridized carbons (Fsp3) is 0.278. The number of hydrogen-bond donors (Lipinski definition) is 3. The summed E-state index contributed by atoms with van der Waals surface area (Å²) in [5.41, 5.74) is 8.21. The molecular formula is C18H23FN2O5S. The fourth-order valence-electron chi connectivity index (χ4n) is 2.02. The number of rotatable bonds is 7. The summed E-state index contributed by atoms with van der Waals surface area (Å²) in [5, 5.41) is 3.05. The molecule has 1 amide bonds. The maximum absolute atomic E-state index is 12.2. The fourth-order valence-corrected chi connectivity index (χ4v) is 2.02. The van der Waals surface area contributed by atoms with Gasteiger partial charge in [-0.2, -0.15) is 8.42 Å². The first-order valence-corrected chi connectivity index (χ1v) is 9.78. The monoisotopic (exact) mass is 398 g/mol. The Morgan fingerprint density at radius 3 is 2.33 bits per heavy atom. The lowest BCUT2D eigenvalue weighted by Gasteiger charge is -2.10. The number of nitrogens with two attached hydrogens (primary N) is 1. The Morgan fingerprint density at radius 2 is 1.81 bits per heavy atom. The minimum Gasteiger partial charge on any atom is -0.463 e. The van der Waals surface area contributed by atoms with Crippen LogP contribution in [-0.2, 0) is 21.5 Å². The summed E-state index contributed by atoms with van der Waals surface area (Å²) in [7, 11) is -3.67. The molecular weight excluding hydrogens is 375 g/mol. The molecule has 2 rings (SSSR count). The van der Waals surface area contributed by atoms with Crippen molar-refractivity contribution in [3.8, 4) is 16.9 Å². The third-order valence-electron chi connectivity index (χ3n) is 3.38. The number of amides is 1. The van der Waals surface area contributed by atoms with Gasteiger partial charge < -0.3 is 15.8 Å². The minimum absolute atomic E-state index is 0.366. The van der Waals surface area contributed by atoms with Gasteiger partial charge in [-0.25, -0.2) is 4.39 Å². The van der Waals surface area contributed by atoms with Crippen molar-refractivity contribution in [2.24, 2.45) is 5.73 Å². The molecule has 0 aliphatic heterocycles. The van der Waals surface area contributed by atoms with Crippen LogP contribution in [-0.4, -0.2) is 38.0 Å². The zero-order chi connectivity index (χ0) is 20.4. The number of carbonyl (C=O) groups excluding carboxylic acids is 1. The summed E-state index contributed by atoms with van der Waals surface area (Å²) >= 11 is 0. The van der Waals surface area contributed by atoms with Gasteiger partial charge in [-0.05, 0) is 35.7 Å². The number of nitrogens with one attached hydrogen (secondary N) is 1. The van der Waals surface area contributed by atoms with E-state index < -0.39 is 17.0 Å². The third-order valence-corrected chi connectivity index (χ3v) is 3.38. The van der Waals surface area contributed by atoms with Crippen molar-refractivity contribution in [2.45, 2.75) is 19.5 Å². The zero-order valence-electron chi connectivity index (χ0n) is 15.1. The molecule has 0 spiro atoms. The highest BCUT2D eigenvalue weighted by Crippen LogP contribution is 2.24. The number of hydrogen-bond acceptors (Lipinski definition) is 5. The van der Waals surface area contributed by atoms with Crippen molar-refractivity contribution in [1.82, 2.24) is 5.32 Å². The maximum atomic E-state index is 12.2. The van der Waals surface area contributed by atoms with Crippen LogP contribution in [0.15, 0.2) is 48.5 Å². The Labute approximate surface area is 158 Å². The number of alkyl halides is 1. The highest BCUT2D eigenvalue weighted by molar-refractivity contribution is 7.85. The van der Waals surface area contributed by atoms with Gasteiger partial charge in [0.1, 0.15) is 5.75 Å². The van der Waals surface area contributed by atoms with Gasteiger partial charge in [0.2, 0.25) is 12.8 Å². The molecule has 148 valence electrons. The van der Waals surface area contributed by atoms with Gasteiger partial charge in [-0.1, -0.05) is 36.4 Å². The van der Waals surface area contributed by atoms with Crippen molar-refractivity contribution >= 4 is 16.0 Å². The van der Waals surface area contributed by atoms with E-state index in [9.17, 15) is 17.6 Å². The van der Waals surface area contributed by atoms with E-state index in [4.69, 9.17) is 15.0 Å². The molecule has 0 aliphatic rings. The molecule has 2 aromatic carbocycles. The van der Waals surface area contributed by atoms with Gasteiger partial charge in [0, 0.05) is 6.54 Å². The van der Waals surface area contributed by atoms with E-state index >= 15 is 0 Å². The molecule has 7 nitrogen and oxygen atoms in total. The summed E-state index contributed by atoms with van der Waals surface area (Å²) in [6.07, 6.45) is 0.715. The first kappa shape index (κ1) is 22.6. The van der Waals surface area contributed by atoms with E-state index in [1.54, 1.807) is 19.1 Å². The molecule has 0 heterocycles. The largest absolute Gasteiger partial charge is 0.463 e. The van der Waals surface area contributed by atoms with Crippen molar-refractivity contribution in [3.05, 3.63) is 54.1 Å². The van der Waals surface area contributed by atoms with Gasteiger partial charge in [0.25, 0.3) is 10.1 Å². The average molecular weight is 398 g/mol. The Kier molecular flexibility index (Phi) is 8.86. The predicted octanol–water partition coefficient (Wildman–Crippen LogP) is 2.13. The summed E-state index contributed by atoms with van der Waals surface area (Å²) < 4.78 is 42.9. The zero-order valence-corrected chi connectivity index (χ0v) is 15.9. The van der Waals surface area contributed by atoms with E-state index in [2.05, 4.69) is 5.32 Å². The highest BCUT2D eigenvalue weighted by atomic mass is 32.2. The lowest BCUT2D eigenvalue weighted by Crippen LogP contribution is -2.38. The quantitative estimate of drug-likeness (QED) is 0.615. The Morgan fingerprint density at radius 1 is 1.22 bits per heavy atom. The van der Waals surface area contributed by atoms with Crippen molar-refractivity contribution in [3.63, 3.8) is 0 Å². The maximum Gasteiger partial charge on any atom is 0.261 e.